The highest BCUT2D eigenvalue weighted by atomic mass is 32.1. The van der Waals surface area contributed by atoms with Crippen molar-refractivity contribution in [2.45, 2.75) is 6.18 Å². The van der Waals surface area contributed by atoms with Crippen LogP contribution in [0, 0.1) is 0 Å². The lowest BCUT2D eigenvalue weighted by molar-refractivity contribution is -0.137. The first-order valence-corrected chi connectivity index (χ1v) is 11.9. The number of aromatic nitrogens is 1. The van der Waals surface area contributed by atoms with Crippen LogP contribution in [-0.2, 0) is 6.18 Å². The lowest BCUT2D eigenvalue weighted by Gasteiger charge is -2.12. The molecule has 0 radical (unpaired) electrons. The standard InChI is InChI=1S/C30H18F3NS/c31-30(32,33)22-15-13-20(14-16-22)19-9-11-21(12-10-19)23-17-18-26(25-6-2-1-5-24(23)25)29-34-27-7-3-4-8-28(27)35-29/h1-18H. The highest BCUT2D eigenvalue weighted by molar-refractivity contribution is 7.21. The molecule has 0 unspecified atom stereocenters. The van der Waals surface area contributed by atoms with E-state index in [0.717, 1.165) is 65.9 Å². The Labute approximate surface area is 204 Å². The number of thiazole rings is 1. The van der Waals surface area contributed by atoms with E-state index in [-0.39, 0.29) is 0 Å². The molecule has 0 bridgehead atoms. The van der Waals surface area contributed by atoms with Crippen molar-refractivity contribution in [1.29, 1.82) is 0 Å². The fraction of sp³-hybridized carbons (Fsp3) is 0.0333. The molecule has 0 N–H and O–H groups in total. The van der Waals surface area contributed by atoms with E-state index in [0.29, 0.717) is 0 Å². The van der Waals surface area contributed by atoms with E-state index in [4.69, 9.17) is 4.98 Å². The molecular weight excluding hydrogens is 463 g/mol. The lowest BCUT2D eigenvalue weighted by atomic mass is 9.94. The van der Waals surface area contributed by atoms with E-state index < -0.39 is 11.7 Å². The van der Waals surface area contributed by atoms with Crippen LogP contribution in [0.25, 0.3) is 53.8 Å². The van der Waals surface area contributed by atoms with Crippen LogP contribution in [0.1, 0.15) is 5.56 Å². The van der Waals surface area contributed by atoms with Crippen LogP contribution < -0.4 is 0 Å². The lowest BCUT2D eigenvalue weighted by Crippen LogP contribution is -2.03. The molecule has 1 nitrogen and oxygen atoms in total. The van der Waals surface area contributed by atoms with Crippen LogP contribution in [0.2, 0.25) is 0 Å². The van der Waals surface area contributed by atoms with Gasteiger partial charge in [-0.05, 0) is 57.3 Å². The van der Waals surface area contributed by atoms with Crippen molar-refractivity contribution < 1.29 is 13.2 Å². The molecule has 0 spiro atoms. The monoisotopic (exact) mass is 481 g/mol. The number of halogens is 3. The molecule has 5 heteroatoms. The number of fused-ring (bicyclic) bond motifs is 2. The first-order valence-electron chi connectivity index (χ1n) is 11.1. The summed E-state index contributed by atoms with van der Waals surface area (Å²) in [5.41, 5.74) is 5.24. The number of nitrogens with zero attached hydrogens (tertiary/aromatic N) is 1. The molecule has 0 fully saturated rings. The summed E-state index contributed by atoms with van der Waals surface area (Å²) in [6.07, 6.45) is -4.33. The Balaban J connectivity index is 1.39. The third-order valence-electron chi connectivity index (χ3n) is 6.19. The molecule has 1 aromatic heterocycles. The van der Waals surface area contributed by atoms with E-state index >= 15 is 0 Å². The summed E-state index contributed by atoms with van der Waals surface area (Å²) in [6.45, 7) is 0. The summed E-state index contributed by atoms with van der Waals surface area (Å²) in [5.74, 6) is 0. The number of benzene rings is 5. The first kappa shape index (κ1) is 21.6. The molecular formula is C30H18F3NS. The predicted octanol–water partition coefficient (Wildman–Crippen LogP) is 9.47. The number of rotatable bonds is 3. The van der Waals surface area contributed by atoms with Crippen molar-refractivity contribution in [3.63, 3.8) is 0 Å². The number of hydrogen-bond acceptors (Lipinski definition) is 2. The topological polar surface area (TPSA) is 12.9 Å². The Kier molecular flexibility index (Phi) is 5.15. The van der Waals surface area contributed by atoms with Gasteiger partial charge in [0, 0.05) is 5.56 Å². The van der Waals surface area contributed by atoms with Gasteiger partial charge in [0.1, 0.15) is 5.01 Å². The van der Waals surface area contributed by atoms with Gasteiger partial charge >= 0.3 is 6.18 Å². The van der Waals surface area contributed by atoms with Gasteiger partial charge in [-0.2, -0.15) is 13.2 Å². The maximum Gasteiger partial charge on any atom is 0.416 e. The van der Waals surface area contributed by atoms with Gasteiger partial charge in [0.2, 0.25) is 0 Å². The minimum absolute atomic E-state index is 0.641. The van der Waals surface area contributed by atoms with Gasteiger partial charge in [-0.25, -0.2) is 4.98 Å². The van der Waals surface area contributed by atoms with Crippen molar-refractivity contribution in [1.82, 2.24) is 4.98 Å². The van der Waals surface area contributed by atoms with E-state index in [2.05, 4.69) is 30.3 Å². The Morgan fingerprint density at radius 2 is 1.09 bits per heavy atom. The van der Waals surface area contributed by atoms with E-state index in [1.54, 1.807) is 11.3 Å². The van der Waals surface area contributed by atoms with E-state index in [1.807, 2.05) is 54.6 Å². The van der Waals surface area contributed by atoms with Gasteiger partial charge in [-0.15, -0.1) is 11.3 Å². The number of para-hydroxylation sites is 1. The molecule has 5 aromatic carbocycles. The Morgan fingerprint density at radius 3 is 1.74 bits per heavy atom. The smallest absolute Gasteiger partial charge is 0.236 e. The molecule has 6 aromatic rings. The fourth-order valence-corrected chi connectivity index (χ4v) is 5.42. The molecule has 0 amide bonds. The minimum atomic E-state index is -4.33. The predicted molar refractivity (Wildman–Crippen MR) is 138 cm³/mol. The van der Waals surface area contributed by atoms with Crippen molar-refractivity contribution in [3.8, 4) is 32.8 Å². The second kappa shape index (κ2) is 8.36. The molecule has 6 rings (SSSR count). The SMILES string of the molecule is FC(F)(F)c1ccc(-c2ccc(-c3ccc(-c4nc5ccccc5s4)c4ccccc34)cc2)cc1. The second-order valence-corrected chi connectivity index (χ2v) is 9.38. The minimum Gasteiger partial charge on any atom is -0.236 e. The molecule has 0 aliphatic carbocycles. The van der Waals surface area contributed by atoms with Gasteiger partial charge in [0.25, 0.3) is 0 Å². The van der Waals surface area contributed by atoms with Crippen LogP contribution in [0.5, 0.6) is 0 Å². The van der Waals surface area contributed by atoms with Crippen LogP contribution in [-0.4, -0.2) is 4.98 Å². The highest BCUT2D eigenvalue weighted by Crippen LogP contribution is 2.39. The first-order chi connectivity index (χ1) is 17.0. The quantitative estimate of drug-likeness (QED) is 0.245. The molecule has 0 atom stereocenters. The van der Waals surface area contributed by atoms with E-state index in [9.17, 15) is 13.2 Å². The molecule has 0 saturated carbocycles. The van der Waals surface area contributed by atoms with Crippen molar-refractivity contribution in [2.24, 2.45) is 0 Å². The summed E-state index contributed by atoms with van der Waals surface area (Å²) in [5, 5.41) is 3.26. The molecule has 35 heavy (non-hydrogen) atoms. The van der Waals surface area contributed by atoms with Gasteiger partial charge < -0.3 is 0 Å². The van der Waals surface area contributed by atoms with Crippen LogP contribution in [0.4, 0.5) is 13.2 Å². The third kappa shape index (κ3) is 3.98. The van der Waals surface area contributed by atoms with Gasteiger partial charge in [-0.3, -0.25) is 0 Å². The normalized spacial score (nSPS) is 11.9. The van der Waals surface area contributed by atoms with Gasteiger partial charge in [0.05, 0.1) is 15.8 Å². The summed E-state index contributed by atoms with van der Waals surface area (Å²) >= 11 is 1.69. The van der Waals surface area contributed by atoms with Crippen LogP contribution in [0.15, 0.2) is 109 Å². The average molecular weight is 482 g/mol. The zero-order chi connectivity index (χ0) is 24.0. The second-order valence-electron chi connectivity index (χ2n) is 8.35. The maximum atomic E-state index is 12.9. The van der Waals surface area contributed by atoms with Crippen LogP contribution >= 0.6 is 11.3 Å². The van der Waals surface area contributed by atoms with Crippen LogP contribution in [0.3, 0.4) is 0 Å². The molecule has 0 aliphatic rings. The summed E-state index contributed by atoms with van der Waals surface area (Å²) < 4.78 is 39.8. The molecule has 170 valence electrons. The van der Waals surface area contributed by atoms with Gasteiger partial charge in [0.15, 0.2) is 0 Å². The fourth-order valence-electron chi connectivity index (χ4n) is 4.42. The number of alkyl halides is 3. The van der Waals surface area contributed by atoms with Gasteiger partial charge in [-0.1, -0.05) is 84.9 Å². The molecule has 1 heterocycles. The van der Waals surface area contributed by atoms with Crippen molar-refractivity contribution in [3.05, 3.63) is 115 Å². The zero-order valence-electron chi connectivity index (χ0n) is 18.4. The third-order valence-corrected chi connectivity index (χ3v) is 7.26. The average Bonchev–Trinajstić information content (AvgIpc) is 3.32. The largest absolute Gasteiger partial charge is 0.416 e. The summed E-state index contributed by atoms with van der Waals surface area (Å²) in [7, 11) is 0. The van der Waals surface area contributed by atoms with Crippen molar-refractivity contribution >= 4 is 32.3 Å². The summed E-state index contributed by atoms with van der Waals surface area (Å²) in [6, 6.07) is 33.9. The summed E-state index contributed by atoms with van der Waals surface area (Å²) in [4.78, 5) is 4.85. The van der Waals surface area contributed by atoms with Crippen molar-refractivity contribution in [2.75, 3.05) is 0 Å². The Hall–Kier alpha value is -3.96. The zero-order valence-corrected chi connectivity index (χ0v) is 19.2. The Morgan fingerprint density at radius 1 is 0.543 bits per heavy atom. The highest BCUT2D eigenvalue weighted by Gasteiger charge is 2.29. The molecule has 0 saturated heterocycles. The number of hydrogen-bond donors (Lipinski definition) is 0. The Bertz CT molecular complexity index is 1630. The van der Waals surface area contributed by atoms with E-state index in [1.165, 1.54) is 12.1 Å². The maximum absolute atomic E-state index is 12.9. The molecule has 0 aliphatic heterocycles.